The van der Waals surface area contributed by atoms with Crippen LogP contribution in [0.25, 0.3) is 25.6 Å². The van der Waals surface area contributed by atoms with Crippen LogP contribution in [0.2, 0.25) is 0 Å². The van der Waals surface area contributed by atoms with Crippen LogP contribution in [-0.2, 0) is 45.9 Å². The first kappa shape index (κ1) is 53.6. The van der Waals surface area contributed by atoms with Crippen molar-refractivity contribution < 1.29 is 51.9 Å². The second-order valence-electron chi connectivity index (χ2n) is 18.3. The van der Waals surface area contributed by atoms with Crippen molar-refractivity contribution in [2.24, 2.45) is 10.2 Å². The summed E-state index contributed by atoms with van der Waals surface area (Å²) in [5.41, 5.74) is 2.36. The third-order valence-electron chi connectivity index (χ3n) is 11.7. The molecular weight excluding hydrogens is 1080 g/mol. The first-order valence-corrected chi connectivity index (χ1v) is 29.1. The molecule has 0 aliphatic carbocycles. The fourth-order valence-electron chi connectivity index (χ4n) is 8.71. The van der Waals surface area contributed by atoms with E-state index in [2.05, 4.69) is 26.6 Å². The van der Waals surface area contributed by atoms with E-state index >= 15 is 0 Å². The van der Waals surface area contributed by atoms with Crippen LogP contribution < -0.4 is 10.2 Å². The van der Waals surface area contributed by atoms with Crippen molar-refractivity contribution in [1.82, 2.24) is 24.7 Å². The number of hydrogen-bond acceptors (Lipinski definition) is 19. The Hall–Kier alpha value is -6.65. The summed E-state index contributed by atoms with van der Waals surface area (Å²) in [5, 5.41) is 28.2. The molecule has 0 aliphatic rings. The van der Waals surface area contributed by atoms with Crippen molar-refractivity contribution in [2.45, 2.75) is 94.2 Å². The minimum atomic E-state index is -4.86. The molecule has 0 spiro atoms. The number of pyridine rings is 1. The predicted octanol–water partition coefficient (Wildman–Crippen LogP) is 10.4. The lowest BCUT2D eigenvalue weighted by Crippen LogP contribution is -2.17. The number of rotatable bonds is 12. The Bertz CT molecular complexity index is 4270. The molecular formula is C46H44N10O12S6. The summed E-state index contributed by atoms with van der Waals surface area (Å²) in [7, 11) is -18.9. The number of hydrogen-bond donors (Lipinski definition) is 5. The van der Waals surface area contributed by atoms with Gasteiger partial charge in [0.1, 0.15) is 32.9 Å². The van der Waals surface area contributed by atoms with Gasteiger partial charge < -0.3 is 5.32 Å². The average molecular weight is 1120 g/mol. The monoisotopic (exact) mass is 1120 g/mol. The van der Waals surface area contributed by atoms with Crippen LogP contribution in [0.1, 0.15) is 71.0 Å². The Labute approximate surface area is 433 Å². The fraction of sp³-hybridized carbons (Fsp3) is 0.239. The van der Waals surface area contributed by atoms with E-state index in [1.807, 2.05) is 20.8 Å². The zero-order valence-corrected chi connectivity index (χ0v) is 45.6. The molecule has 4 aromatic carbocycles. The zero-order valence-electron chi connectivity index (χ0n) is 40.7. The Kier molecular flexibility index (Phi) is 13.5. The number of aromatic nitrogens is 5. The standard InChI is InChI=1S/C46H44N10O12S6/c1-21-15-24(4)39(73(63,64)65)26(6)36(21)51-42-37(52-53-43-30(20-47)41(46(8,9)10)54-56(43)45-49-32-14-12-29(72(60,61)62)19-34(32)70-45)22(2)17-35(50-42)55(38-23(3)16-25(5)40(27(38)7)74(66,67)68)44-48-31-13-11-28(71(57,58)59)18-33(31)69-44/h11-19H,1-10H3,(H,50,51)(H,57,58,59)(H,60,61,62)(H,63,64,65)(H,66,67,68)/b53-52+. The first-order chi connectivity index (χ1) is 34.2. The highest BCUT2D eigenvalue weighted by atomic mass is 32.2. The Morgan fingerprint density at radius 1 is 0.649 bits per heavy atom. The summed E-state index contributed by atoms with van der Waals surface area (Å²) in [6.45, 7) is 16.4. The molecule has 0 fully saturated rings. The number of nitrogens with one attached hydrogen (secondary N) is 1. The summed E-state index contributed by atoms with van der Waals surface area (Å²) < 4.78 is 143. The van der Waals surface area contributed by atoms with Crippen molar-refractivity contribution in [3.05, 3.63) is 105 Å². The highest BCUT2D eigenvalue weighted by molar-refractivity contribution is 7.86. The van der Waals surface area contributed by atoms with E-state index in [9.17, 15) is 57.1 Å². The average Bonchev–Trinajstić information content (AvgIpc) is 3.98. The van der Waals surface area contributed by atoms with Gasteiger partial charge >= 0.3 is 0 Å². The van der Waals surface area contributed by atoms with Gasteiger partial charge in [-0.05, 0) is 130 Å². The molecule has 0 saturated heterocycles. The number of thiazole rings is 2. The van der Waals surface area contributed by atoms with Crippen LogP contribution in [0.5, 0.6) is 0 Å². The maximum atomic E-state index is 13.0. The minimum Gasteiger partial charge on any atom is -0.338 e. The maximum Gasteiger partial charge on any atom is 0.295 e. The molecule has 0 radical (unpaired) electrons. The molecule has 28 heteroatoms. The van der Waals surface area contributed by atoms with Crippen LogP contribution >= 0.6 is 22.7 Å². The largest absolute Gasteiger partial charge is 0.338 e. The third kappa shape index (κ3) is 10.0. The van der Waals surface area contributed by atoms with E-state index in [4.69, 9.17) is 15.1 Å². The van der Waals surface area contributed by atoms with Crippen molar-refractivity contribution >= 4 is 123 Å². The lowest BCUT2D eigenvalue weighted by molar-refractivity contribution is 0.479. The summed E-state index contributed by atoms with van der Waals surface area (Å²) in [6, 6.07) is 14.3. The second kappa shape index (κ2) is 18.6. The third-order valence-corrected chi connectivity index (χ3v) is 17.7. The van der Waals surface area contributed by atoms with Crippen LogP contribution in [0.15, 0.2) is 84.4 Å². The van der Waals surface area contributed by atoms with Gasteiger partial charge in [-0.25, -0.2) is 15.0 Å². The van der Waals surface area contributed by atoms with E-state index in [1.165, 1.54) is 79.7 Å². The zero-order chi connectivity index (χ0) is 54.5. The highest BCUT2D eigenvalue weighted by Gasteiger charge is 2.32. The molecule has 5 N–H and O–H groups in total. The lowest BCUT2D eigenvalue weighted by Gasteiger charge is -2.28. The number of nitrogens with zero attached hydrogens (tertiary/aromatic N) is 9. The second-order valence-corrected chi connectivity index (χ2v) is 25.9. The predicted molar refractivity (Wildman–Crippen MR) is 279 cm³/mol. The molecule has 0 unspecified atom stereocenters. The van der Waals surface area contributed by atoms with Gasteiger partial charge in [-0.15, -0.1) is 10.2 Å². The number of nitriles is 1. The van der Waals surface area contributed by atoms with Crippen molar-refractivity contribution in [3.63, 3.8) is 0 Å². The molecule has 0 aliphatic heterocycles. The van der Waals surface area contributed by atoms with E-state index in [0.29, 0.717) is 32.6 Å². The smallest absolute Gasteiger partial charge is 0.295 e. The molecule has 0 amide bonds. The van der Waals surface area contributed by atoms with Gasteiger partial charge in [0, 0.05) is 11.1 Å². The molecule has 0 atom stereocenters. The van der Waals surface area contributed by atoms with Crippen LogP contribution in [0, 0.1) is 59.8 Å². The topological polar surface area (TPSA) is 338 Å². The van der Waals surface area contributed by atoms with E-state index in [1.54, 1.807) is 26.8 Å². The number of benzene rings is 4. The molecule has 0 bridgehead atoms. The van der Waals surface area contributed by atoms with Gasteiger partial charge in [-0.1, -0.05) is 55.6 Å². The van der Waals surface area contributed by atoms with Gasteiger partial charge in [0.2, 0.25) is 5.13 Å². The van der Waals surface area contributed by atoms with Gasteiger partial charge in [0.15, 0.2) is 16.8 Å². The number of azo groups is 1. The van der Waals surface area contributed by atoms with Crippen molar-refractivity contribution in [1.29, 1.82) is 5.26 Å². The van der Waals surface area contributed by atoms with Gasteiger partial charge in [-0.3, -0.25) is 23.1 Å². The van der Waals surface area contributed by atoms with E-state index < -0.39 is 55.7 Å². The van der Waals surface area contributed by atoms with Gasteiger partial charge in [-0.2, -0.15) is 48.7 Å². The summed E-state index contributed by atoms with van der Waals surface area (Å²) >= 11 is 1.94. The summed E-state index contributed by atoms with van der Waals surface area (Å²) in [6.07, 6.45) is 0. The fourth-order valence-corrected chi connectivity index (χ4v) is 13.8. The lowest BCUT2D eigenvalue weighted by atomic mass is 9.90. The quantitative estimate of drug-likeness (QED) is 0.0560. The Balaban J connectivity index is 1.44. The Morgan fingerprint density at radius 3 is 1.73 bits per heavy atom. The normalized spacial score (nSPS) is 12.8. The van der Waals surface area contributed by atoms with E-state index in [0.717, 1.165) is 28.7 Å². The molecule has 386 valence electrons. The van der Waals surface area contributed by atoms with Gasteiger partial charge in [0.05, 0.1) is 41.6 Å². The molecule has 4 aromatic heterocycles. The SMILES string of the molecule is Cc1cc(N(c2nc3ccc(S(=O)(=O)O)cc3s2)c2c(C)cc(C)c(S(=O)(=O)O)c2C)nc(Nc2c(C)cc(C)c(S(=O)(=O)O)c2C)c1/N=N/c1c(C#N)c(C(C)(C)C)nn1-c1nc2ccc(S(=O)(=O)O)cc2s1. The van der Waals surface area contributed by atoms with E-state index in [-0.39, 0.29) is 92.6 Å². The minimum absolute atomic E-state index is 0.00183. The number of fused-ring (bicyclic) bond motifs is 2. The van der Waals surface area contributed by atoms with Crippen LogP contribution in [0.3, 0.4) is 0 Å². The van der Waals surface area contributed by atoms with Crippen molar-refractivity contribution in [2.75, 3.05) is 10.2 Å². The number of anilines is 5. The van der Waals surface area contributed by atoms with Crippen molar-refractivity contribution in [3.8, 4) is 11.2 Å². The van der Waals surface area contributed by atoms with Crippen LogP contribution in [-0.4, -0.2) is 76.6 Å². The molecule has 4 heterocycles. The Morgan fingerprint density at radius 2 is 1.19 bits per heavy atom. The summed E-state index contributed by atoms with van der Waals surface area (Å²) in [4.78, 5) is 14.3. The molecule has 0 saturated carbocycles. The van der Waals surface area contributed by atoms with Gasteiger partial charge in [0.25, 0.3) is 40.5 Å². The number of aryl methyl sites for hydroxylation is 5. The molecule has 8 aromatic rings. The molecule has 8 rings (SSSR count). The maximum absolute atomic E-state index is 13.0. The van der Waals surface area contributed by atoms with Crippen LogP contribution in [0.4, 0.5) is 39.6 Å². The highest BCUT2D eigenvalue weighted by Crippen LogP contribution is 2.47. The first-order valence-electron chi connectivity index (χ1n) is 21.7. The molecule has 74 heavy (non-hydrogen) atoms. The molecule has 22 nitrogen and oxygen atoms in total. The summed E-state index contributed by atoms with van der Waals surface area (Å²) in [5.74, 6) is -0.208.